The zero-order valence-electron chi connectivity index (χ0n) is 17.5. The predicted octanol–water partition coefficient (Wildman–Crippen LogP) is 6.61. The maximum atomic E-state index is 13.6. The molecule has 1 aromatic carbocycles. The number of hydrogen-bond donors (Lipinski definition) is 1. The SMILES string of the molecule is CC12CCCCC1CCC1C2CCC2(C)C(O)/C(=C/c3cccc(F)c3)CC12. The van der Waals surface area contributed by atoms with Crippen LogP contribution in [0.15, 0.2) is 29.8 Å². The largest absolute Gasteiger partial charge is 0.388 e. The van der Waals surface area contributed by atoms with Crippen LogP contribution in [-0.2, 0) is 0 Å². The van der Waals surface area contributed by atoms with Crippen LogP contribution in [-0.4, -0.2) is 11.2 Å². The van der Waals surface area contributed by atoms with Crippen molar-refractivity contribution in [2.45, 2.75) is 77.7 Å². The van der Waals surface area contributed by atoms with E-state index in [1.807, 2.05) is 6.07 Å². The minimum Gasteiger partial charge on any atom is -0.388 e. The molecule has 2 heteroatoms. The van der Waals surface area contributed by atoms with Crippen molar-refractivity contribution >= 4 is 6.08 Å². The summed E-state index contributed by atoms with van der Waals surface area (Å²) in [6, 6.07) is 6.78. The number of halogens is 1. The normalized spacial score (nSPS) is 46.7. The molecular weight excluding hydrogens is 347 g/mol. The van der Waals surface area contributed by atoms with Crippen molar-refractivity contribution in [1.29, 1.82) is 0 Å². The Kier molecular flexibility index (Phi) is 4.50. The Bertz CT molecular complexity index is 784. The lowest BCUT2D eigenvalue weighted by molar-refractivity contribution is -0.119. The molecule has 4 aliphatic carbocycles. The first-order valence-electron chi connectivity index (χ1n) is 11.6. The first-order valence-corrected chi connectivity index (χ1v) is 11.6. The number of hydrogen-bond acceptors (Lipinski definition) is 1. The van der Waals surface area contributed by atoms with E-state index in [1.165, 1.54) is 51.0 Å². The zero-order chi connectivity index (χ0) is 19.5. The van der Waals surface area contributed by atoms with Gasteiger partial charge in [-0.3, -0.25) is 0 Å². The van der Waals surface area contributed by atoms with Crippen LogP contribution in [0.5, 0.6) is 0 Å². The molecule has 0 aliphatic heterocycles. The van der Waals surface area contributed by atoms with E-state index < -0.39 is 0 Å². The molecular formula is C26H35FO. The summed E-state index contributed by atoms with van der Waals surface area (Å²) in [5.74, 6) is 2.91. The van der Waals surface area contributed by atoms with Gasteiger partial charge in [-0.2, -0.15) is 0 Å². The molecule has 1 N–H and O–H groups in total. The monoisotopic (exact) mass is 382 g/mol. The Balaban J connectivity index is 1.46. The van der Waals surface area contributed by atoms with E-state index in [4.69, 9.17) is 0 Å². The average Bonchev–Trinajstić information content (AvgIpc) is 2.92. The molecule has 0 heterocycles. The third kappa shape index (κ3) is 2.74. The Hall–Kier alpha value is -1.15. The van der Waals surface area contributed by atoms with E-state index in [2.05, 4.69) is 19.9 Å². The van der Waals surface area contributed by atoms with Crippen LogP contribution >= 0.6 is 0 Å². The van der Waals surface area contributed by atoms with Crippen LogP contribution in [0.1, 0.15) is 77.2 Å². The number of fused-ring (bicyclic) bond motifs is 5. The predicted molar refractivity (Wildman–Crippen MR) is 112 cm³/mol. The molecule has 7 atom stereocenters. The second-order valence-corrected chi connectivity index (χ2v) is 10.8. The average molecular weight is 383 g/mol. The highest BCUT2D eigenvalue weighted by Gasteiger charge is 2.60. The second kappa shape index (κ2) is 6.69. The van der Waals surface area contributed by atoms with Gasteiger partial charge >= 0.3 is 0 Å². The van der Waals surface area contributed by atoms with E-state index >= 15 is 0 Å². The first-order chi connectivity index (χ1) is 13.4. The van der Waals surface area contributed by atoms with Gasteiger partial charge in [-0.1, -0.05) is 44.9 Å². The molecule has 5 rings (SSSR count). The zero-order valence-corrected chi connectivity index (χ0v) is 17.5. The third-order valence-corrected chi connectivity index (χ3v) is 9.65. The summed E-state index contributed by atoms with van der Waals surface area (Å²) in [4.78, 5) is 0. The van der Waals surface area contributed by atoms with Crippen LogP contribution in [0.25, 0.3) is 6.08 Å². The van der Waals surface area contributed by atoms with Gasteiger partial charge in [0, 0.05) is 5.41 Å². The molecule has 0 saturated heterocycles. The quantitative estimate of drug-likeness (QED) is 0.579. The van der Waals surface area contributed by atoms with Gasteiger partial charge in [-0.15, -0.1) is 0 Å². The third-order valence-electron chi connectivity index (χ3n) is 9.65. The summed E-state index contributed by atoms with van der Waals surface area (Å²) in [5.41, 5.74) is 2.55. The molecule has 0 radical (unpaired) electrons. The van der Waals surface area contributed by atoms with Crippen LogP contribution < -0.4 is 0 Å². The molecule has 4 fully saturated rings. The molecule has 4 saturated carbocycles. The molecule has 4 aliphatic rings. The van der Waals surface area contributed by atoms with Crippen molar-refractivity contribution < 1.29 is 9.50 Å². The van der Waals surface area contributed by atoms with Gasteiger partial charge in [-0.05, 0) is 97.3 Å². The fraction of sp³-hybridized carbons (Fsp3) is 0.692. The lowest BCUT2D eigenvalue weighted by Crippen LogP contribution is -2.53. The lowest BCUT2D eigenvalue weighted by atomic mass is 9.45. The van der Waals surface area contributed by atoms with Crippen molar-refractivity contribution in [1.82, 2.24) is 0 Å². The number of aliphatic hydroxyl groups excluding tert-OH is 1. The van der Waals surface area contributed by atoms with Gasteiger partial charge < -0.3 is 5.11 Å². The summed E-state index contributed by atoms with van der Waals surface area (Å²) in [5, 5.41) is 11.3. The maximum absolute atomic E-state index is 13.6. The molecule has 0 amide bonds. The Morgan fingerprint density at radius 3 is 2.68 bits per heavy atom. The molecule has 7 unspecified atom stereocenters. The van der Waals surface area contributed by atoms with Crippen molar-refractivity contribution in [3.05, 3.63) is 41.2 Å². The second-order valence-electron chi connectivity index (χ2n) is 10.8. The van der Waals surface area contributed by atoms with E-state index in [-0.39, 0.29) is 17.3 Å². The summed E-state index contributed by atoms with van der Waals surface area (Å²) in [7, 11) is 0. The molecule has 1 nitrogen and oxygen atoms in total. The van der Waals surface area contributed by atoms with Crippen LogP contribution in [0, 0.1) is 40.3 Å². The molecule has 28 heavy (non-hydrogen) atoms. The Labute approximate surface area is 169 Å². The van der Waals surface area contributed by atoms with Crippen molar-refractivity contribution in [3.63, 3.8) is 0 Å². The lowest BCUT2D eigenvalue weighted by Gasteiger charge is -2.60. The van der Waals surface area contributed by atoms with Gasteiger partial charge in [-0.25, -0.2) is 4.39 Å². The Morgan fingerprint density at radius 2 is 1.86 bits per heavy atom. The molecule has 1 aromatic rings. The molecule has 0 spiro atoms. The van der Waals surface area contributed by atoms with Gasteiger partial charge in [0.15, 0.2) is 0 Å². The van der Waals surface area contributed by atoms with Crippen LogP contribution in [0.2, 0.25) is 0 Å². The highest BCUT2D eigenvalue weighted by molar-refractivity contribution is 5.55. The van der Waals surface area contributed by atoms with E-state index in [0.29, 0.717) is 11.3 Å². The maximum Gasteiger partial charge on any atom is 0.123 e. The first kappa shape index (κ1) is 18.9. The number of rotatable bonds is 1. The summed E-state index contributed by atoms with van der Waals surface area (Å²) in [6.45, 7) is 4.94. The van der Waals surface area contributed by atoms with E-state index in [1.54, 1.807) is 12.1 Å². The van der Waals surface area contributed by atoms with Crippen molar-refractivity contribution in [2.75, 3.05) is 0 Å². The molecule has 0 aromatic heterocycles. The minimum atomic E-state index is -0.376. The standard InChI is InChI=1S/C26H35FO/c1-25-12-4-3-7-19(25)9-10-21-22(25)11-13-26(2)23(21)16-18(24(26)28)14-17-6-5-8-20(27)15-17/h5-6,8,14-15,19,21-24,28H,3-4,7,9-13,16H2,1-2H3/b18-14+. The van der Waals surface area contributed by atoms with Crippen molar-refractivity contribution in [3.8, 4) is 0 Å². The van der Waals surface area contributed by atoms with E-state index in [9.17, 15) is 9.50 Å². The number of aliphatic hydroxyl groups is 1. The van der Waals surface area contributed by atoms with Gasteiger partial charge in [0.2, 0.25) is 0 Å². The smallest absolute Gasteiger partial charge is 0.123 e. The number of benzene rings is 1. The summed E-state index contributed by atoms with van der Waals surface area (Å²) in [6.07, 6.45) is 13.6. The highest BCUT2D eigenvalue weighted by Crippen LogP contribution is 2.67. The topological polar surface area (TPSA) is 20.2 Å². The van der Waals surface area contributed by atoms with Crippen LogP contribution in [0.4, 0.5) is 4.39 Å². The summed E-state index contributed by atoms with van der Waals surface area (Å²) >= 11 is 0. The van der Waals surface area contributed by atoms with Gasteiger partial charge in [0.25, 0.3) is 0 Å². The Morgan fingerprint density at radius 1 is 1.00 bits per heavy atom. The van der Waals surface area contributed by atoms with Crippen molar-refractivity contribution in [2.24, 2.45) is 34.5 Å². The minimum absolute atomic E-state index is 0.00180. The van der Waals surface area contributed by atoms with Crippen LogP contribution in [0.3, 0.4) is 0 Å². The molecule has 0 bridgehead atoms. The fourth-order valence-corrected chi connectivity index (χ4v) is 8.10. The van der Waals surface area contributed by atoms with Gasteiger partial charge in [0.05, 0.1) is 6.10 Å². The highest BCUT2D eigenvalue weighted by atomic mass is 19.1. The molecule has 152 valence electrons. The van der Waals surface area contributed by atoms with Gasteiger partial charge in [0.1, 0.15) is 5.82 Å². The van der Waals surface area contributed by atoms with E-state index in [0.717, 1.165) is 41.7 Å². The fourth-order valence-electron chi connectivity index (χ4n) is 8.10. The summed E-state index contributed by atoms with van der Waals surface area (Å²) < 4.78 is 13.6.